The van der Waals surface area contributed by atoms with Crippen LogP contribution in [-0.2, 0) is 0 Å². The lowest BCUT2D eigenvalue weighted by Crippen LogP contribution is -2.02. The minimum atomic E-state index is -0.387. The van der Waals surface area contributed by atoms with E-state index in [0.29, 0.717) is 22.5 Å². The molecular formula is C15H12F2N4. The van der Waals surface area contributed by atoms with Crippen molar-refractivity contribution in [1.29, 1.82) is 0 Å². The van der Waals surface area contributed by atoms with Gasteiger partial charge < -0.3 is 5.73 Å². The van der Waals surface area contributed by atoms with Gasteiger partial charge in [0.05, 0.1) is 5.69 Å². The lowest BCUT2D eigenvalue weighted by atomic mass is 10.1. The van der Waals surface area contributed by atoms with Gasteiger partial charge >= 0.3 is 0 Å². The van der Waals surface area contributed by atoms with Crippen molar-refractivity contribution in [1.82, 2.24) is 15.0 Å². The SMILES string of the molecule is Cc1cc(-c2nnn(-c3cccc(F)c3)c2N)ccc1F. The normalized spacial score (nSPS) is 10.8. The molecule has 2 aromatic carbocycles. The summed E-state index contributed by atoms with van der Waals surface area (Å²) in [6.07, 6.45) is 0. The van der Waals surface area contributed by atoms with Crippen LogP contribution in [0.4, 0.5) is 14.6 Å². The molecule has 0 saturated carbocycles. The summed E-state index contributed by atoms with van der Waals surface area (Å²) in [5, 5.41) is 7.94. The largest absolute Gasteiger partial charge is 0.382 e. The first-order chi connectivity index (χ1) is 10.1. The summed E-state index contributed by atoms with van der Waals surface area (Å²) in [7, 11) is 0. The van der Waals surface area contributed by atoms with Crippen molar-refractivity contribution < 1.29 is 8.78 Å². The van der Waals surface area contributed by atoms with Crippen LogP contribution in [0.5, 0.6) is 0 Å². The van der Waals surface area contributed by atoms with Crippen LogP contribution in [0, 0.1) is 18.6 Å². The van der Waals surface area contributed by atoms with Crippen LogP contribution in [-0.4, -0.2) is 15.0 Å². The quantitative estimate of drug-likeness (QED) is 0.787. The van der Waals surface area contributed by atoms with Gasteiger partial charge in [0.2, 0.25) is 0 Å². The maximum absolute atomic E-state index is 13.3. The molecule has 0 radical (unpaired) electrons. The third kappa shape index (κ3) is 2.35. The number of anilines is 1. The van der Waals surface area contributed by atoms with E-state index in [1.807, 2.05) is 0 Å². The van der Waals surface area contributed by atoms with E-state index in [1.54, 1.807) is 31.2 Å². The first-order valence-corrected chi connectivity index (χ1v) is 6.30. The third-order valence-electron chi connectivity index (χ3n) is 3.19. The molecule has 2 N–H and O–H groups in total. The minimum absolute atomic E-state index is 0.270. The van der Waals surface area contributed by atoms with Crippen molar-refractivity contribution in [3.63, 3.8) is 0 Å². The Bertz CT molecular complexity index is 811. The highest BCUT2D eigenvalue weighted by molar-refractivity contribution is 5.71. The summed E-state index contributed by atoms with van der Waals surface area (Å²) in [5.41, 5.74) is 8.09. The number of aromatic nitrogens is 3. The molecule has 4 nitrogen and oxygen atoms in total. The van der Waals surface area contributed by atoms with Gasteiger partial charge in [-0.2, -0.15) is 4.68 Å². The maximum atomic E-state index is 13.3. The maximum Gasteiger partial charge on any atom is 0.155 e. The molecule has 0 spiro atoms. The highest BCUT2D eigenvalue weighted by Crippen LogP contribution is 2.26. The van der Waals surface area contributed by atoms with Crippen LogP contribution >= 0.6 is 0 Å². The zero-order chi connectivity index (χ0) is 15.0. The molecule has 0 bridgehead atoms. The van der Waals surface area contributed by atoms with E-state index in [-0.39, 0.29) is 17.5 Å². The lowest BCUT2D eigenvalue weighted by Gasteiger charge is -2.04. The fraction of sp³-hybridized carbons (Fsp3) is 0.0667. The van der Waals surface area contributed by atoms with E-state index in [4.69, 9.17) is 5.73 Å². The molecule has 0 amide bonds. The number of benzene rings is 2. The third-order valence-corrected chi connectivity index (χ3v) is 3.19. The van der Waals surface area contributed by atoms with Gasteiger partial charge in [-0.1, -0.05) is 11.3 Å². The van der Waals surface area contributed by atoms with Crippen molar-refractivity contribution >= 4 is 5.82 Å². The van der Waals surface area contributed by atoms with Gasteiger partial charge in [0.25, 0.3) is 0 Å². The Balaban J connectivity index is 2.09. The van der Waals surface area contributed by atoms with Gasteiger partial charge in [-0.05, 0) is 48.9 Å². The average molecular weight is 286 g/mol. The van der Waals surface area contributed by atoms with Gasteiger partial charge in [-0.15, -0.1) is 5.10 Å². The van der Waals surface area contributed by atoms with E-state index < -0.39 is 0 Å². The van der Waals surface area contributed by atoms with Crippen molar-refractivity contribution in [3.8, 4) is 16.9 Å². The topological polar surface area (TPSA) is 56.7 Å². The van der Waals surface area contributed by atoms with Crippen molar-refractivity contribution in [2.24, 2.45) is 0 Å². The highest BCUT2D eigenvalue weighted by Gasteiger charge is 2.14. The molecule has 3 aromatic rings. The molecule has 0 atom stereocenters. The molecule has 21 heavy (non-hydrogen) atoms. The molecule has 0 aliphatic rings. The number of aryl methyl sites for hydroxylation is 1. The second kappa shape index (κ2) is 4.97. The summed E-state index contributed by atoms with van der Waals surface area (Å²) in [6, 6.07) is 10.5. The second-order valence-electron chi connectivity index (χ2n) is 4.68. The zero-order valence-corrected chi connectivity index (χ0v) is 11.2. The molecule has 6 heteroatoms. The van der Waals surface area contributed by atoms with Crippen molar-refractivity contribution in [3.05, 3.63) is 59.7 Å². The molecule has 1 heterocycles. The van der Waals surface area contributed by atoms with Crippen LogP contribution in [0.25, 0.3) is 16.9 Å². The second-order valence-corrected chi connectivity index (χ2v) is 4.68. The molecule has 0 aliphatic heterocycles. The van der Waals surface area contributed by atoms with E-state index in [2.05, 4.69) is 10.3 Å². The van der Waals surface area contributed by atoms with Gasteiger partial charge in [0.15, 0.2) is 5.82 Å². The van der Waals surface area contributed by atoms with Gasteiger partial charge in [0.1, 0.15) is 17.3 Å². The number of nitrogens with zero attached hydrogens (tertiary/aromatic N) is 3. The standard InChI is InChI=1S/C15H12F2N4/c1-9-7-10(5-6-13(9)17)14-15(18)21(20-19-14)12-4-2-3-11(16)8-12/h2-8H,18H2,1H3. The fourth-order valence-electron chi connectivity index (χ4n) is 2.09. The Morgan fingerprint density at radius 2 is 1.90 bits per heavy atom. The van der Waals surface area contributed by atoms with Crippen molar-refractivity contribution in [2.75, 3.05) is 5.73 Å². The van der Waals surface area contributed by atoms with Crippen LogP contribution < -0.4 is 5.73 Å². The Kier molecular flexibility index (Phi) is 3.13. The van der Waals surface area contributed by atoms with Crippen LogP contribution in [0.15, 0.2) is 42.5 Å². The summed E-state index contributed by atoms with van der Waals surface area (Å²) in [4.78, 5) is 0. The summed E-state index contributed by atoms with van der Waals surface area (Å²) in [5.74, 6) is -0.414. The molecule has 3 rings (SSSR count). The smallest absolute Gasteiger partial charge is 0.155 e. The van der Waals surface area contributed by atoms with Crippen LogP contribution in [0.2, 0.25) is 0 Å². The predicted octanol–water partition coefficient (Wildman–Crippen LogP) is 3.10. The Labute approximate surface area is 119 Å². The molecule has 106 valence electrons. The number of nitrogens with two attached hydrogens (primary N) is 1. The van der Waals surface area contributed by atoms with E-state index >= 15 is 0 Å². The summed E-state index contributed by atoms with van der Waals surface area (Å²) in [6.45, 7) is 1.66. The van der Waals surface area contributed by atoms with Crippen LogP contribution in [0.3, 0.4) is 0 Å². The average Bonchev–Trinajstić information content (AvgIpc) is 2.84. The molecule has 0 saturated heterocycles. The van der Waals surface area contributed by atoms with E-state index in [0.717, 1.165) is 0 Å². The Morgan fingerprint density at radius 1 is 1.10 bits per heavy atom. The predicted molar refractivity (Wildman–Crippen MR) is 75.9 cm³/mol. The Hall–Kier alpha value is -2.76. The number of nitrogen functional groups attached to an aromatic ring is 1. The number of hydrogen-bond donors (Lipinski definition) is 1. The highest BCUT2D eigenvalue weighted by atomic mass is 19.1. The van der Waals surface area contributed by atoms with Gasteiger partial charge in [-0.25, -0.2) is 8.78 Å². The minimum Gasteiger partial charge on any atom is -0.382 e. The van der Waals surface area contributed by atoms with E-state index in [9.17, 15) is 8.78 Å². The lowest BCUT2D eigenvalue weighted by molar-refractivity contribution is 0.618. The van der Waals surface area contributed by atoms with Gasteiger partial charge in [-0.3, -0.25) is 0 Å². The number of hydrogen-bond acceptors (Lipinski definition) is 3. The monoisotopic (exact) mass is 286 g/mol. The van der Waals surface area contributed by atoms with Gasteiger partial charge in [0, 0.05) is 5.56 Å². The van der Waals surface area contributed by atoms with Crippen molar-refractivity contribution in [2.45, 2.75) is 6.92 Å². The molecule has 0 aliphatic carbocycles. The first kappa shape index (κ1) is 13.2. The molecule has 0 unspecified atom stereocenters. The van der Waals surface area contributed by atoms with E-state index in [1.165, 1.54) is 22.9 Å². The Morgan fingerprint density at radius 3 is 2.62 bits per heavy atom. The van der Waals surface area contributed by atoms with Crippen LogP contribution in [0.1, 0.15) is 5.56 Å². The summed E-state index contributed by atoms with van der Waals surface area (Å²) >= 11 is 0. The number of halogens is 2. The fourth-order valence-corrected chi connectivity index (χ4v) is 2.09. The summed E-state index contributed by atoms with van der Waals surface area (Å²) < 4.78 is 27.9. The zero-order valence-electron chi connectivity index (χ0n) is 11.2. The molecule has 1 aromatic heterocycles. The molecular weight excluding hydrogens is 274 g/mol. The number of rotatable bonds is 2. The molecule has 0 fully saturated rings. The first-order valence-electron chi connectivity index (χ1n) is 6.30.